The van der Waals surface area contributed by atoms with Crippen molar-refractivity contribution in [3.8, 4) is 11.5 Å². The lowest BCUT2D eigenvalue weighted by Gasteiger charge is -2.12. The molecule has 24 heavy (non-hydrogen) atoms. The maximum atomic E-state index is 12.4. The normalized spacial score (nSPS) is 9.96. The van der Waals surface area contributed by atoms with E-state index in [9.17, 15) is 4.79 Å². The van der Waals surface area contributed by atoms with Crippen LogP contribution in [0.2, 0.25) is 0 Å². The van der Waals surface area contributed by atoms with E-state index in [0.717, 1.165) is 15.9 Å². The Balaban J connectivity index is 2.05. The van der Waals surface area contributed by atoms with Crippen molar-refractivity contribution in [2.75, 3.05) is 19.0 Å². The lowest BCUT2D eigenvalue weighted by Crippen LogP contribution is -2.34. The van der Waals surface area contributed by atoms with Crippen LogP contribution in [0.25, 0.3) is 0 Å². The smallest absolute Gasteiger partial charge is 0.261 e. The summed E-state index contributed by atoms with van der Waals surface area (Å²) in [5.74, 6) is 0.841. The Morgan fingerprint density at radius 3 is 2.75 bits per heavy atom. The van der Waals surface area contributed by atoms with Gasteiger partial charge in [0.2, 0.25) is 0 Å². The molecule has 0 saturated carbocycles. The second kappa shape index (κ2) is 8.65. The van der Waals surface area contributed by atoms with E-state index in [-0.39, 0.29) is 11.0 Å². The molecule has 126 valence electrons. The maximum absolute atomic E-state index is 12.4. The summed E-state index contributed by atoms with van der Waals surface area (Å²) < 4.78 is 11.4. The van der Waals surface area contributed by atoms with Crippen molar-refractivity contribution in [2.45, 2.75) is 6.92 Å². The summed E-state index contributed by atoms with van der Waals surface area (Å²) in [5, 5.41) is 5.79. The number of carbonyl (C=O) groups excluding carboxylic acids is 1. The summed E-state index contributed by atoms with van der Waals surface area (Å²) in [6, 6.07) is 12.5. The number of hydrogen-bond acceptors (Lipinski definition) is 4. The number of methoxy groups -OCH3 is 1. The van der Waals surface area contributed by atoms with Gasteiger partial charge in [0, 0.05) is 16.2 Å². The van der Waals surface area contributed by atoms with Crippen molar-refractivity contribution >= 4 is 44.9 Å². The van der Waals surface area contributed by atoms with Gasteiger partial charge in [0.15, 0.2) is 5.11 Å². The van der Waals surface area contributed by atoms with Gasteiger partial charge in [-0.15, -0.1) is 0 Å². The number of rotatable bonds is 5. The van der Waals surface area contributed by atoms with Crippen molar-refractivity contribution in [1.29, 1.82) is 0 Å². The predicted molar refractivity (Wildman–Crippen MR) is 102 cm³/mol. The van der Waals surface area contributed by atoms with Gasteiger partial charge in [-0.3, -0.25) is 10.1 Å². The van der Waals surface area contributed by atoms with Crippen molar-refractivity contribution in [3.63, 3.8) is 0 Å². The van der Waals surface area contributed by atoms with Crippen LogP contribution < -0.4 is 20.1 Å². The zero-order valence-electron chi connectivity index (χ0n) is 13.3. The third-order valence-corrected chi connectivity index (χ3v) is 3.73. The molecule has 2 aromatic rings. The van der Waals surface area contributed by atoms with Crippen LogP contribution in [0.4, 0.5) is 5.69 Å². The Morgan fingerprint density at radius 2 is 2.04 bits per heavy atom. The molecule has 0 radical (unpaired) electrons. The quantitative estimate of drug-likeness (QED) is 0.732. The van der Waals surface area contributed by atoms with Gasteiger partial charge < -0.3 is 14.8 Å². The highest BCUT2D eigenvalue weighted by Crippen LogP contribution is 2.23. The first-order valence-corrected chi connectivity index (χ1v) is 8.42. The van der Waals surface area contributed by atoms with Gasteiger partial charge in [-0.2, -0.15) is 0 Å². The van der Waals surface area contributed by atoms with Crippen LogP contribution in [0, 0.1) is 0 Å². The Hall–Kier alpha value is -2.12. The van der Waals surface area contributed by atoms with Crippen LogP contribution in [0.1, 0.15) is 17.3 Å². The van der Waals surface area contributed by atoms with Gasteiger partial charge in [0.1, 0.15) is 11.5 Å². The van der Waals surface area contributed by atoms with E-state index in [0.29, 0.717) is 17.9 Å². The fraction of sp³-hybridized carbons (Fsp3) is 0.176. The summed E-state index contributed by atoms with van der Waals surface area (Å²) in [5.41, 5.74) is 1.12. The number of amides is 1. The van der Waals surface area contributed by atoms with Crippen LogP contribution in [0.3, 0.4) is 0 Å². The van der Waals surface area contributed by atoms with Gasteiger partial charge in [-0.1, -0.05) is 22.0 Å². The van der Waals surface area contributed by atoms with Gasteiger partial charge >= 0.3 is 0 Å². The fourth-order valence-electron chi connectivity index (χ4n) is 2.02. The molecule has 0 fully saturated rings. The lowest BCUT2D eigenvalue weighted by atomic mass is 10.2. The van der Waals surface area contributed by atoms with E-state index < -0.39 is 0 Å². The van der Waals surface area contributed by atoms with E-state index in [1.54, 1.807) is 18.2 Å². The van der Waals surface area contributed by atoms with Gasteiger partial charge in [-0.25, -0.2) is 0 Å². The number of hydrogen-bond donors (Lipinski definition) is 2. The number of ether oxygens (including phenoxy) is 2. The monoisotopic (exact) mass is 408 g/mol. The highest BCUT2D eigenvalue weighted by atomic mass is 79.9. The first-order chi connectivity index (χ1) is 11.5. The molecule has 0 spiro atoms. The topological polar surface area (TPSA) is 59.6 Å². The Kier molecular flexibility index (Phi) is 6.57. The number of anilines is 1. The van der Waals surface area contributed by atoms with E-state index in [4.69, 9.17) is 21.7 Å². The summed E-state index contributed by atoms with van der Waals surface area (Å²) in [6.07, 6.45) is 0. The average molecular weight is 409 g/mol. The van der Waals surface area contributed by atoms with Crippen molar-refractivity contribution < 1.29 is 14.3 Å². The van der Waals surface area contributed by atoms with Crippen molar-refractivity contribution in [1.82, 2.24) is 5.32 Å². The van der Waals surface area contributed by atoms with E-state index in [2.05, 4.69) is 26.6 Å². The minimum Gasteiger partial charge on any atom is -0.496 e. The Bertz CT molecular complexity index is 752. The molecule has 0 unspecified atom stereocenters. The third kappa shape index (κ3) is 4.94. The summed E-state index contributed by atoms with van der Waals surface area (Å²) in [4.78, 5) is 12.4. The lowest BCUT2D eigenvalue weighted by molar-refractivity contribution is 0.0974. The zero-order chi connectivity index (χ0) is 17.5. The average Bonchev–Trinajstić information content (AvgIpc) is 2.55. The molecule has 0 bridgehead atoms. The summed E-state index contributed by atoms with van der Waals surface area (Å²) in [6.45, 7) is 2.49. The molecule has 2 aromatic carbocycles. The molecule has 0 heterocycles. The number of carbonyl (C=O) groups is 1. The molecule has 0 saturated heterocycles. The van der Waals surface area contributed by atoms with Crippen LogP contribution in [0.15, 0.2) is 46.9 Å². The van der Waals surface area contributed by atoms with Gasteiger partial charge in [0.25, 0.3) is 5.91 Å². The van der Waals surface area contributed by atoms with E-state index >= 15 is 0 Å². The molecule has 0 aliphatic rings. The number of halogens is 1. The highest BCUT2D eigenvalue weighted by molar-refractivity contribution is 9.10. The molecule has 0 aliphatic heterocycles. The molecular weight excluding hydrogens is 392 g/mol. The summed E-state index contributed by atoms with van der Waals surface area (Å²) in [7, 11) is 1.51. The minimum absolute atomic E-state index is 0.190. The third-order valence-electron chi connectivity index (χ3n) is 3.04. The highest BCUT2D eigenvalue weighted by Gasteiger charge is 2.14. The predicted octanol–water partition coefficient (Wildman–Crippen LogP) is 3.98. The fourth-order valence-corrected chi connectivity index (χ4v) is 2.59. The number of benzene rings is 2. The van der Waals surface area contributed by atoms with E-state index in [1.807, 2.05) is 31.2 Å². The standard InChI is InChI=1S/C17H17BrN2O3S/c1-3-23-13-6-4-5-12(10-13)19-17(24)20-16(21)14-9-11(18)7-8-15(14)22-2/h4-10H,3H2,1-2H3,(H2,19,20,21,24). The molecule has 5 nitrogen and oxygen atoms in total. The summed E-state index contributed by atoms with van der Waals surface area (Å²) >= 11 is 8.53. The van der Waals surface area contributed by atoms with Crippen LogP contribution in [0.5, 0.6) is 11.5 Å². The zero-order valence-corrected chi connectivity index (χ0v) is 15.7. The molecule has 1 amide bonds. The molecule has 0 aliphatic carbocycles. The van der Waals surface area contributed by atoms with Crippen molar-refractivity contribution in [3.05, 3.63) is 52.5 Å². The molecular formula is C17H17BrN2O3S. The van der Waals surface area contributed by atoms with Crippen molar-refractivity contribution in [2.24, 2.45) is 0 Å². The molecule has 0 atom stereocenters. The second-order valence-corrected chi connectivity index (χ2v) is 6.04. The number of thiocarbonyl (C=S) groups is 1. The number of nitrogens with one attached hydrogen (secondary N) is 2. The van der Waals surface area contributed by atoms with Gasteiger partial charge in [0.05, 0.1) is 19.3 Å². The van der Waals surface area contributed by atoms with Crippen LogP contribution >= 0.6 is 28.1 Å². The second-order valence-electron chi connectivity index (χ2n) is 4.71. The molecule has 0 aromatic heterocycles. The maximum Gasteiger partial charge on any atom is 0.261 e. The molecule has 2 N–H and O–H groups in total. The SMILES string of the molecule is CCOc1cccc(NC(=S)NC(=O)c2cc(Br)ccc2OC)c1. The van der Waals surface area contributed by atoms with E-state index in [1.165, 1.54) is 7.11 Å². The first kappa shape index (κ1) is 18.2. The molecule has 2 rings (SSSR count). The minimum atomic E-state index is -0.355. The van der Waals surface area contributed by atoms with Crippen LogP contribution in [-0.2, 0) is 0 Å². The molecule has 7 heteroatoms. The largest absolute Gasteiger partial charge is 0.496 e. The first-order valence-electron chi connectivity index (χ1n) is 7.22. The van der Waals surface area contributed by atoms with Gasteiger partial charge in [-0.05, 0) is 49.5 Å². The van der Waals surface area contributed by atoms with Crippen LogP contribution in [-0.4, -0.2) is 24.7 Å². The Labute approximate surface area is 154 Å². The Morgan fingerprint density at radius 1 is 1.25 bits per heavy atom.